The summed E-state index contributed by atoms with van der Waals surface area (Å²) in [7, 11) is 0. The van der Waals surface area contributed by atoms with E-state index in [1.807, 2.05) is 12.1 Å². The number of pyridine rings is 1. The molecule has 0 amide bonds. The Morgan fingerprint density at radius 2 is 2.25 bits per heavy atom. The third-order valence-corrected chi connectivity index (χ3v) is 1.96. The minimum absolute atomic E-state index is 0.381. The normalized spacial score (nSPS) is 10.8. The van der Waals surface area contributed by atoms with Crippen LogP contribution in [0.1, 0.15) is 11.3 Å². The van der Waals surface area contributed by atoms with Gasteiger partial charge in [0, 0.05) is 18.5 Å². The van der Waals surface area contributed by atoms with Crippen molar-refractivity contribution in [1.29, 1.82) is 0 Å². The minimum Gasteiger partial charge on any atom is -0.502 e. The smallest absolute Gasteiger partial charge is 0.227 e. The molecule has 0 aliphatic heterocycles. The summed E-state index contributed by atoms with van der Waals surface area (Å²) >= 11 is 0. The van der Waals surface area contributed by atoms with Gasteiger partial charge in [0.05, 0.1) is 0 Å². The quantitative estimate of drug-likeness (QED) is 0.831. The maximum absolute atomic E-state index is 11.1. The molecule has 2 heterocycles. The summed E-state index contributed by atoms with van der Waals surface area (Å²) in [5, 5.41) is 8.99. The number of rotatable bonds is 2. The third kappa shape index (κ3) is 2.36. The van der Waals surface area contributed by atoms with Gasteiger partial charge in [-0.15, -0.1) is 0 Å². The van der Waals surface area contributed by atoms with Gasteiger partial charge >= 0.3 is 0 Å². The van der Waals surface area contributed by atoms with Crippen molar-refractivity contribution < 1.29 is 9.52 Å². The first-order valence-corrected chi connectivity index (χ1v) is 4.65. The van der Waals surface area contributed by atoms with Crippen LogP contribution < -0.4 is 5.43 Å². The first kappa shape index (κ1) is 10.2. The van der Waals surface area contributed by atoms with E-state index < -0.39 is 11.2 Å². The zero-order chi connectivity index (χ0) is 11.4. The van der Waals surface area contributed by atoms with E-state index in [1.165, 1.54) is 6.07 Å². The average molecular weight is 215 g/mol. The highest BCUT2D eigenvalue weighted by Gasteiger charge is 1.97. The lowest BCUT2D eigenvalue weighted by Crippen LogP contribution is -1.97. The molecular weight excluding hydrogens is 206 g/mol. The molecule has 2 rings (SSSR count). The maximum atomic E-state index is 11.1. The summed E-state index contributed by atoms with van der Waals surface area (Å²) < 4.78 is 5.00. The molecule has 0 aromatic carbocycles. The van der Waals surface area contributed by atoms with Crippen molar-refractivity contribution in [2.45, 2.75) is 0 Å². The second-order valence-corrected chi connectivity index (χ2v) is 3.15. The van der Waals surface area contributed by atoms with E-state index in [0.29, 0.717) is 5.76 Å². The topological polar surface area (TPSA) is 63.3 Å². The van der Waals surface area contributed by atoms with E-state index in [-0.39, 0.29) is 0 Å². The molecule has 2 aromatic heterocycles. The van der Waals surface area contributed by atoms with E-state index >= 15 is 0 Å². The van der Waals surface area contributed by atoms with Crippen molar-refractivity contribution in [2.75, 3.05) is 0 Å². The molecule has 4 nitrogen and oxygen atoms in total. The lowest BCUT2D eigenvalue weighted by Gasteiger charge is -1.93. The first-order valence-electron chi connectivity index (χ1n) is 4.65. The number of nitrogens with zero attached hydrogens (tertiary/aromatic N) is 1. The van der Waals surface area contributed by atoms with Gasteiger partial charge in [-0.05, 0) is 23.8 Å². The van der Waals surface area contributed by atoms with Crippen LogP contribution in [0, 0.1) is 0 Å². The summed E-state index contributed by atoms with van der Waals surface area (Å²) in [6, 6.07) is 4.91. The van der Waals surface area contributed by atoms with E-state index in [0.717, 1.165) is 11.8 Å². The van der Waals surface area contributed by atoms with Gasteiger partial charge in [0.15, 0.2) is 5.75 Å². The summed E-state index contributed by atoms with van der Waals surface area (Å²) in [6.07, 6.45) is 7.79. The summed E-state index contributed by atoms with van der Waals surface area (Å²) in [4.78, 5) is 15.0. The molecule has 0 spiro atoms. The van der Waals surface area contributed by atoms with Crippen molar-refractivity contribution >= 4 is 12.2 Å². The monoisotopic (exact) mass is 215 g/mol. The highest BCUT2D eigenvalue weighted by atomic mass is 16.3. The molecule has 1 N–H and O–H groups in total. The molecule has 0 saturated carbocycles. The van der Waals surface area contributed by atoms with E-state index in [2.05, 4.69) is 4.98 Å². The van der Waals surface area contributed by atoms with Crippen LogP contribution in [0.4, 0.5) is 0 Å². The van der Waals surface area contributed by atoms with Gasteiger partial charge in [-0.25, -0.2) is 0 Å². The Hall–Kier alpha value is -2.36. The van der Waals surface area contributed by atoms with Crippen LogP contribution in [-0.4, -0.2) is 10.1 Å². The van der Waals surface area contributed by atoms with Crippen LogP contribution in [0.2, 0.25) is 0 Å². The van der Waals surface area contributed by atoms with Gasteiger partial charge in [0.2, 0.25) is 5.43 Å². The molecule has 0 atom stereocenters. The largest absolute Gasteiger partial charge is 0.502 e. The predicted octanol–water partition coefficient (Wildman–Crippen LogP) is 1.91. The van der Waals surface area contributed by atoms with Crippen molar-refractivity contribution in [1.82, 2.24) is 4.98 Å². The highest BCUT2D eigenvalue weighted by molar-refractivity contribution is 5.66. The number of aromatic hydroxyl groups is 1. The van der Waals surface area contributed by atoms with Crippen LogP contribution in [-0.2, 0) is 0 Å². The van der Waals surface area contributed by atoms with Crippen molar-refractivity contribution in [3.63, 3.8) is 0 Å². The Kier molecular flexibility index (Phi) is 2.82. The van der Waals surface area contributed by atoms with Crippen LogP contribution in [0.15, 0.2) is 46.1 Å². The van der Waals surface area contributed by atoms with Crippen molar-refractivity contribution in [3.05, 3.63) is 58.4 Å². The third-order valence-electron chi connectivity index (χ3n) is 1.96. The van der Waals surface area contributed by atoms with E-state index in [4.69, 9.17) is 9.52 Å². The number of aromatic nitrogens is 1. The van der Waals surface area contributed by atoms with Crippen molar-refractivity contribution in [2.24, 2.45) is 0 Å². The van der Waals surface area contributed by atoms with Gasteiger partial charge < -0.3 is 9.52 Å². The van der Waals surface area contributed by atoms with Gasteiger partial charge in [0.1, 0.15) is 12.0 Å². The van der Waals surface area contributed by atoms with Crippen molar-refractivity contribution in [3.8, 4) is 5.75 Å². The van der Waals surface area contributed by atoms with Gasteiger partial charge in [-0.1, -0.05) is 6.07 Å². The molecule has 0 unspecified atom stereocenters. The Morgan fingerprint density at radius 3 is 2.94 bits per heavy atom. The molecule has 2 aromatic rings. The molecule has 16 heavy (non-hydrogen) atoms. The fourth-order valence-electron chi connectivity index (χ4n) is 1.16. The molecule has 0 fully saturated rings. The Morgan fingerprint density at radius 1 is 1.38 bits per heavy atom. The van der Waals surface area contributed by atoms with Crippen LogP contribution in [0.25, 0.3) is 12.2 Å². The fraction of sp³-hybridized carbons (Fsp3) is 0. The Bertz CT molecular complexity index is 558. The lowest BCUT2D eigenvalue weighted by atomic mass is 10.2. The molecule has 4 heteroatoms. The lowest BCUT2D eigenvalue weighted by molar-refractivity contribution is 0.427. The Labute approximate surface area is 91.5 Å². The molecule has 0 aliphatic rings. The van der Waals surface area contributed by atoms with E-state index in [1.54, 1.807) is 24.5 Å². The number of hydrogen-bond donors (Lipinski definition) is 1. The minimum atomic E-state index is -0.461. The second kappa shape index (κ2) is 4.44. The van der Waals surface area contributed by atoms with Crippen LogP contribution in [0.5, 0.6) is 5.75 Å². The SMILES string of the molecule is O=c1cc(C=Cc2cccnc2)occ1O. The van der Waals surface area contributed by atoms with Gasteiger partial charge in [-0.3, -0.25) is 9.78 Å². The molecule has 80 valence electrons. The summed E-state index contributed by atoms with van der Waals surface area (Å²) in [5.41, 5.74) is 0.440. The summed E-state index contributed by atoms with van der Waals surface area (Å²) in [6.45, 7) is 0. The average Bonchev–Trinajstić information content (AvgIpc) is 2.32. The molecule has 0 bridgehead atoms. The second-order valence-electron chi connectivity index (χ2n) is 3.15. The van der Waals surface area contributed by atoms with Gasteiger partial charge in [0.25, 0.3) is 0 Å². The van der Waals surface area contributed by atoms with Crippen LogP contribution >= 0.6 is 0 Å². The zero-order valence-electron chi connectivity index (χ0n) is 8.33. The molecular formula is C12H9NO3. The van der Waals surface area contributed by atoms with E-state index in [9.17, 15) is 4.79 Å². The van der Waals surface area contributed by atoms with Crippen LogP contribution in [0.3, 0.4) is 0 Å². The summed E-state index contributed by atoms with van der Waals surface area (Å²) in [5.74, 6) is -0.00909. The Balaban J connectivity index is 2.24. The standard InChI is InChI=1S/C12H9NO3/c14-11-6-10(16-8-12(11)15)4-3-9-2-1-5-13-7-9/h1-8,15H. The number of hydrogen-bond acceptors (Lipinski definition) is 4. The zero-order valence-corrected chi connectivity index (χ0v) is 8.33. The molecule has 0 aliphatic carbocycles. The first-order chi connectivity index (χ1) is 7.75. The molecule has 0 saturated heterocycles. The maximum Gasteiger partial charge on any atom is 0.227 e. The molecule has 0 radical (unpaired) electrons. The highest BCUT2D eigenvalue weighted by Crippen LogP contribution is 2.08. The fourth-order valence-corrected chi connectivity index (χ4v) is 1.16. The predicted molar refractivity (Wildman–Crippen MR) is 59.8 cm³/mol. The van der Waals surface area contributed by atoms with Gasteiger partial charge in [-0.2, -0.15) is 0 Å².